The van der Waals surface area contributed by atoms with E-state index >= 15 is 0 Å². The summed E-state index contributed by atoms with van der Waals surface area (Å²) in [6.45, 7) is 4.77. The van der Waals surface area contributed by atoms with Gasteiger partial charge in [0, 0.05) is 45.0 Å². The van der Waals surface area contributed by atoms with Crippen molar-refractivity contribution in [2.45, 2.75) is 32.3 Å². The number of aliphatic hydroxyl groups excluding tert-OH is 1. The maximum Gasteiger partial charge on any atom is 0.317 e. The van der Waals surface area contributed by atoms with Crippen LogP contribution >= 0.6 is 11.3 Å². The Morgan fingerprint density at radius 2 is 2.29 bits per heavy atom. The lowest BCUT2D eigenvalue weighted by molar-refractivity contribution is 0.144. The molecule has 21 heavy (non-hydrogen) atoms. The average Bonchev–Trinajstić information content (AvgIpc) is 3.08. The quantitative estimate of drug-likeness (QED) is 0.831. The van der Waals surface area contributed by atoms with Crippen molar-refractivity contribution in [2.24, 2.45) is 0 Å². The number of aromatic nitrogens is 1. The third kappa shape index (κ3) is 4.86. The number of likely N-dealkylation sites (N-methyl/N-ethyl adjacent to an activating group) is 1. The van der Waals surface area contributed by atoms with Crippen molar-refractivity contribution in [2.75, 3.05) is 38.1 Å². The van der Waals surface area contributed by atoms with E-state index in [-0.39, 0.29) is 6.03 Å². The van der Waals surface area contributed by atoms with E-state index in [9.17, 15) is 9.90 Å². The van der Waals surface area contributed by atoms with Gasteiger partial charge in [-0.25, -0.2) is 9.78 Å². The summed E-state index contributed by atoms with van der Waals surface area (Å²) < 4.78 is 0. The number of nitrogens with zero attached hydrogens (tertiary/aromatic N) is 3. The predicted octanol–water partition coefficient (Wildman–Crippen LogP) is 1.31. The van der Waals surface area contributed by atoms with Crippen LogP contribution in [0.15, 0.2) is 5.38 Å². The largest absolute Gasteiger partial charge is 0.392 e. The summed E-state index contributed by atoms with van der Waals surface area (Å²) in [4.78, 5) is 20.2. The minimum atomic E-state index is -0.512. The number of carbonyl (C=O) groups is 1. The van der Waals surface area contributed by atoms with E-state index in [1.807, 2.05) is 0 Å². The summed E-state index contributed by atoms with van der Waals surface area (Å²) in [5.74, 6) is 0. The molecule has 2 N–H and O–H groups in total. The standard InChI is InChI=1S/C14H24N4O2S/c1-11(19)9-17(2)13(20)15-6-5-12-10-21-14(16-12)18-7-3-4-8-18/h10-11,19H,3-9H2,1-2H3,(H,15,20). The van der Waals surface area contributed by atoms with E-state index in [1.165, 1.54) is 17.7 Å². The zero-order chi connectivity index (χ0) is 15.2. The fourth-order valence-corrected chi connectivity index (χ4v) is 3.29. The van der Waals surface area contributed by atoms with Gasteiger partial charge in [0.25, 0.3) is 0 Å². The van der Waals surface area contributed by atoms with E-state index in [2.05, 4.69) is 20.6 Å². The van der Waals surface area contributed by atoms with Gasteiger partial charge in [-0.3, -0.25) is 0 Å². The second-order valence-electron chi connectivity index (χ2n) is 5.53. The molecule has 0 radical (unpaired) electrons. The highest BCUT2D eigenvalue weighted by atomic mass is 32.1. The number of aliphatic hydroxyl groups is 1. The van der Waals surface area contributed by atoms with Crippen LogP contribution in [0.2, 0.25) is 0 Å². The molecule has 2 rings (SSSR count). The third-order valence-electron chi connectivity index (χ3n) is 3.46. The number of hydrogen-bond donors (Lipinski definition) is 2. The zero-order valence-corrected chi connectivity index (χ0v) is 13.5. The molecule has 2 heterocycles. The van der Waals surface area contributed by atoms with Gasteiger partial charge in [-0.15, -0.1) is 11.3 Å². The van der Waals surface area contributed by atoms with Gasteiger partial charge in [0.1, 0.15) is 0 Å². The highest BCUT2D eigenvalue weighted by Crippen LogP contribution is 2.24. The first-order valence-corrected chi connectivity index (χ1v) is 8.30. The van der Waals surface area contributed by atoms with E-state index in [1.54, 1.807) is 25.3 Å². The summed E-state index contributed by atoms with van der Waals surface area (Å²) >= 11 is 1.68. The van der Waals surface area contributed by atoms with Crippen molar-refractivity contribution in [3.8, 4) is 0 Å². The van der Waals surface area contributed by atoms with E-state index < -0.39 is 6.10 Å². The van der Waals surface area contributed by atoms with Gasteiger partial charge >= 0.3 is 6.03 Å². The SMILES string of the molecule is CC(O)CN(C)C(=O)NCCc1csc(N2CCCC2)n1. The molecule has 6 nitrogen and oxygen atoms in total. The molecule has 1 aromatic rings. The maximum absolute atomic E-state index is 11.8. The summed E-state index contributed by atoms with van der Waals surface area (Å²) in [5.41, 5.74) is 1.03. The highest BCUT2D eigenvalue weighted by Gasteiger charge is 2.15. The molecular weight excluding hydrogens is 288 g/mol. The van der Waals surface area contributed by atoms with Crippen LogP contribution in [0.3, 0.4) is 0 Å². The summed E-state index contributed by atoms with van der Waals surface area (Å²) in [6.07, 6.45) is 2.72. The number of urea groups is 1. The lowest BCUT2D eigenvalue weighted by Gasteiger charge is -2.19. The minimum absolute atomic E-state index is 0.161. The van der Waals surface area contributed by atoms with Crippen LogP contribution in [-0.2, 0) is 6.42 Å². The Balaban J connectivity index is 1.72. The minimum Gasteiger partial charge on any atom is -0.392 e. The molecule has 7 heteroatoms. The number of anilines is 1. The van der Waals surface area contributed by atoms with Crippen molar-refractivity contribution in [3.05, 3.63) is 11.1 Å². The lowest BCUT2D eigenvalue weighted by atomic mass is 10.3. The Kier molecular flexibility index (Phi) is 5.81. The number of carbonyl (C=O) groups excluding carboxylic acids is 1. The number of hydrogen-bond acceptors (Lipinski definition) is 5. The van der Waals surface area contributed by atoms with Crippen molar-refractivity contribution >= 4 is 22.5 Å². The molecular formula is C14H24N4O2S. The van der Waals surface area contributed by atoms with Crippen molar-refractivity contribution in [3.63, 3.8) is 0 Å². The molecule has 0 aliphatic carbocycles. The van der Waals surface area contributed by atoms with E-state index in [0.29, 0.717) is 13.1 Å². The molecule has 1 aromatic heterocycles. The summed E-state index contributed by atoms with van der Waals surface area (Å²) in [6, 6.07) is -0.161. The van der Waals surface area contributed by atoms with Crippen LogP contribution in [0.25, 0.3) is 0 Å². The molecule has 1 fully saturated rings. The second-order valence-corrected chi connectivity index (χ2v) is 6.36. The Bertz CT molecular complexity index is 458. The maximum atomic E-state index is 11.8. The van der Waals surface area contributed by atoms with Gasteiger partial charge in [0.05, 0.1) is 11.8 Å². The first kappa shape index (κ1) is 16.0. The number of nitrogens with one attached hydrogen (secondary N) is 1. The molecule has 0 saturated carbocycles. The summed E-state index contributed by atoms with van der Waals surface area (Å²) in [7, 11) is 1.68. The van der Waals surface area contributed by atoms with Crippen LogP contribution < -0.4 is 10.2 Å². The molecule has 0 bridgehead atoms. The van der Waals surface area contributed by atoms with Crippen molar-refractivity contribution < 1.29 is 9.90 Å². The molecule has 1 saturated heterocycles. The third-order valence-corrected chi connectivity index (χ3v) is 4.41. The Hall–Kier alpha value is -1.34. The van der Waals surface area contributed by atoms with Crippen LogP contribution in [-0.4, -0.2) is 60.4 Å². The summed E-state index contributed by atoms with van der Waals surface area (Å²) in [5, 5.41) is 15.3. The van der Waals surface area contributed by atoms with Gasteiger partial charge in [0.2, 0.25) is 0 Å². The highest BCUT2D eigenvalue weighted by molar-refractivity contribution is 7.13. The topological polar surface area (TPSA) is 68.7 Å². The molecule has 0 aromatic carbocycles. The molecule has 1 aliphatic heterocycles. The van der Waals surface area contributed by atoms with E-state index in [4.69, 9.17) is 0 Å². The lowest BCUT2D eigenvalue weighted by Crippen LogP contribution is -2.41. The fraction of sp³-hybridized carbons (Fsp3) is 0.714. The van der Waals surface area contributed by atoms with Crippen LogP contribution in [0.5, 0.6) is 0 Å². The molecule has 1 aliphatic rings. The zero-order valence-electron chi connectivity index (χ0n) is 12.7. The Morgan fingerprint density at radius 3 is 2.95 bits per heavy atom. The molecule has 2 amide bonds. The number of rotatable bonds is 6. The van der Waals surface area contributed by atoms with E-state index in [0.717, 1.165) is 30.3 Å². The molecule has 0 spiro atoms. The second kappa shape index (κ2) is 7.61. The molecule has 118 valence electrons. The predicted molar refractivity (Wildman–Crippen MR) is 85.0 cm³/mol. The van der Waals surface area contributed by atoms with Gasteiger partial charge in [0.15, 0.2) is 5.13 Å². The number of amides is 2. The molecule has 1 unspecified atom stereocenters. The van der Waals surface area contributed by atoms with Gasteiger partial charge in [-0.2, -0.15) is 0 Å². The smallest absolute Gasteiger partial charge is 0.317 e. The first-order chi connectivity index (χ1) is 10.1. The first-order valence-electron chi connectivity index (χ1n) is 7.42. The van der Waals surface area contributed by atoms with Crippen LogP contribution in [0.1, 0.15) is 25.5 Å². The van der Waals surface area contributed by atoms with Crippen LogP contribution in [0.4, 0.5) is 9.93 Å². The van der Waals surface area contributed by atoms with Gasteiger partial charge in [-0.05, 0) is 19.8 Å². The monoisotopic (exact) mass is 312 g/mol. The van der Waals surface area contributed by atoms with Crippen LogP contribution in [0, 0.1) is 0 Å². The normalized spacial score (nSPS) is 16.0. The van der Waals surface area contributed by atoms with Crippen molar-refractivity contribution in [1.29, 1.82) is 0 Å². The fourth-order valence-electron chi connectivity index (χ4n) is 2.38. The van der Waals surface area contributed by atoms with Gasteiger partial charge in [-0.1, -0.05) is 0 Å². The van der Waals surface area contributed by atoms with Gasteiger partial charge < -0.3 is 20.2 Å². The average molecular weight is 312 g/mol. The molecule has 1 atom stereocenters. The number of thiazole rings is 1. The van der Waals surface area contributed by atoms with Crippen molar-refractivity contribution in [1.82, 2.24) is 15.2 Å². The Labute approximate surface area is 129 Å². The Morgan fingerprint density at radius 1 is 1.57 bits per heavy atom.